The third kappa shape index (κ3) is 6.91. The first-order chi connectivity index (χ1) is 13.3. The van der Waals surface area contributed by atoms with E-state index in [9.17, 15) is 0 Å². The number of nitrogens with one attached hydrogen (secondary N) is 2. The van der Waals surface area contributed by atoms with E-state index in [2.05, 4.69) is 15.5 Å². The third-order valence-electron chi connectivity index (χ3n) is 5.16. The van der Waals surface area contributed by atoms with Crippen LogP contribution in [0.25, 0.3) is 10.9 Å². The first-order valence-corrected chi connectivity index (χ1v) is 9.52. The first-order valence-electron chi connectivity index (χ1n) is 9.52. The molecule has 3 heterocycles. The molecule has 1 aromatic carbocycles. The molecular formula is C19H31Cl4N5O3. The number of anilines is 2. The lowest BCUT2D eigenvalue weighted by Gasteiger charge is -2.30. The molecule has 0 aliphatic carbocycles. The molecular weight excluding hydrogens is 488 g/mol. The molecule has 0 saturated carbocycles. The van der Waals surface area contributed by atoms with Crippen LogP contribution < -0.4 is 25.0 Å². The highest BCUT2D eigenvalue weighted by Gasteiger charge is 2.21. The molecule has 2 aliphatic heterocycles. The summed E-state index contributed by atoms with van der Waals surface area (Å²) in [5.74, 6) is 2.94. The smallest absolute Gasteiger partial charge is 0.225 e. The van der Waals surface area contributed by atoms with Crippen LogP contribution in [-0.2, 0) is 4.74 Å². The number of rotatable bonds is 5. The molecule has 12 heteroatoms. The van der Waals surface area contributed by atoms with E-state index in [0.717, 1.165) is 55.7 Å². The maximum Gasteiger partial charge on any atom is 0.225 e. The van der Waals surface area contributed by atoms with Crippen LogP contribution in [0.2, 0.25) is 0 Å². The van der Waals surface area contributed by atoms with Gasteiger partial charge in [-0.3, -0.25) is 0 Å². The minimum absolute atomic E-state index is 0. The van der Waals surface area contributed by atoms with Gasteiger partial charge in [-0.05, 0) is 32.0 Å². The summed E-state index contributed by atoms with van der Waals surface area (Å²) in [6.07, 6.45) is 2.14. The van der Waals surface area contributed by atoms with Crippen LogP contribution in [0.5, 0.6) is 11.5 Å². The second-order valence-electron chi connectivity index (χ2n) is 6.86. The Morgan fingerprint density at radius 1 is 0.968 bits per heavy atom. The fourth-order valence-corrected chi connectivity index (χ4v) is 3.67. The summed E-state index contributed by atoms with van der Waals surface area (Å²) < 4.78 is 16.5. The molecule has 2 saturated heterocycles. The molecule has 2 aliphatic rings. The van der Waals surface area contributed by atoms with Crippen molar-refractivity contribution in [1.29, 1.82) is 0 Å². The zero-order valence-electron chi connectivity index (χ0n) is 17.6. The topological polar surface area (TPSA) is 80.8 Å². The molecule has 1 aromatic heterocycles. The van der Waals surface area contributed by atoms with E-state index in [1.807, 2.05) is 12.1 Å². The van der Waals surface area contributed by atoms with Gasteiger partial charge in [0.2, 0.25) is 5.95 Å². The molecule has 4 rings (SSSR count). The Labute approximate surface area is 207 Å². The van der Waals surface area contributed by atoms with Gasteiger partial charge in [0, 0.05) is 30.6 Å². The lowest BCUT2D eigenvalue weighted by atomic mass is 10.1. The van der Waals surface area contributed by atoms with Gasteiger partial charge in [-0.15, -0.1) is 49.6 Å². The number of nitrogens with zero attached hydrogens (tertiary/aromatic N) is 3. The number of piperidine rings is 1. The molecule has 178 valence electrons. The quantitative estimate of drug-likeness (QED) is 0.623. The van der Waals surface area contributed by atoms with Gasteiger partial charge < -0.3 is 29.7 Å². The number of fused-ring (bicyclic) bond motifs is 1. The van der Waals surface area contributed by atoms with E-state index in [-0.39, 0.29) is 49.6 Å². The van der Waals surface area contributed by atoms with E-state index >= 15 is 0 Å². The van der Waals surface area contributed by atoms with Crippen LogP contribution in [0, 0.1) is 0 Å². The van der Waals surface area contributed by atoms with Crippen LogP contribution in [0.4, 0.5) is 11.8 Å². The average Bonchev–Trinajstić information content (AvgIpc) is 2.73. The Bertz CT molecular complexity index is 806. The van der Waals surface area contributed by atoms with Crippen molar-refractivity contribution in [1.82, 2.24) is 15.3 Å². The van der Waals surface area contributed by atoms with Gasteiger partial charge in [-0.2, -0.15) is 4.98 Å². The monoisotopic (exact) mass is 517 g/mol. The highest BCUT2D eigenvalue weighted by molar-refractivity contribution is 5.93. The number of hydrogen-bond donors (Lipinski definition) is 2. The van der Waals surface area contributed by atoms with Crippen molar-refractivity contribution in [3.05, 3.63) is 12.1 Å². The maximum absolute atomic E-state index is 5.51. The second-order valence-corrected chi connectivity index (χ2v) is 6.86. The molecule has 0 spiro atoms. The fraction of sp³-hybridized carbons (Fsp3) is 0.579. The summed E-state index contributed by atoms with van der Waals surface area (Å²) in [6, 6.07) is 4.28. The van der Waals surface area contributed by atoms with Crippen molar-refractivity contribution < 1.29 is 14.2 Å². The predicted octanol–water partition coefficient (Wildman–Crippen LogP) is 3.33. The Hall–Kier alpha value is -1.16. The minimum Gasteiger partial charge on any atom is -0.493 e. The van der Waals surface area contributed by atoms with Crippen LogP contribution in [-0.4, -0.2) is 69.6 Å². The Morgan fingerprint density at radius 3 is 2.19 bits per heavy atom. The first kappa shape index (κ1) is 29.8. The van der Waals surface area contributed by atoms with Crippen molar-refractivity contribution in [2.75, 3.05) is 63.8 Å². The van der Waals surface area contributed by atoms with Crippen LogP contribution in [0.1, 0.15) is 12.8 Å². The largest absolute Gasteiger partial charge is 0.493 e. The van der Waals surface area contributed by atoms with E-state index in [0.29, 0.717) is 36.7 Å². The van der Waals surface area contributed by atoms with Crippen molar-refractivity contribution >= 4 is 72.3 Å². The van der Waals surface area contributed by atoms with Crippen molar-refractivity contribution in [3.8, 4) is 11.5 Å². The number of methoxy groups -OCH3 is 2. The minimum atomic E-state index is 0. The molecule has 2 N–H and O–H groups in total. The number of morpholine rings is 1. The van der Waals surface area contributed by atoms with Gasteiger partial charge >= 0.3 is 0 Å². The number of benzene rings is 1. The highest BCUT2D eigenvalue weighted by Crippen LogP contribution is 2.36. The van der Waals surface area contributed by atoms with Crippen molar-refractivity contribution in [2.45, 2.75) is 18.9 Å². The molecule has 2 fully saturated rings. The predicted molar refractivity (Wildman–Crippen MR) is 134 cm³/mol. The highest BCUT2D eigenvalue weighted by atomic mass is 35.5. The summed E-state index contributed by atoms with van der Waals surface area (Å²) in [5.41, 5.74) is 0.848. The Balaban J connectivity index is 0.00000225. The standard InChI is InChI=1S/C19H27N5O3.4ClH/c1-25-16-11-14-15(12-17(16)26-2)22-19(21-13-3-5-20-6-4-13)23-18(14)24-7-9-27-10-8-24;;;;/h11-13,20H,3-10H2,1-2H3,(H,21,22,23);4*1H. The van der Waals surface area contributed by atoms with E-state index in [1.165, 1.54) is 0 Å². The summed E-state index contributed by atoms with van der Waals surface area (Å²) in [7, 11) is 3.29. The van der Waals surface area contributed by atoms with Gasteiger partial charge in [0.05, 0.1) is 33.0 Å². The van der Waals surface area contributed by atoms with Crippen LogP contribution in [0.15, 0.2) is 12.1 Å². The molecule has 31 heavy (non-hydrogen) atoms. The maximum atomic E-state index is 5.51. The van der Waals surface area contributed by atoms with Gasteiger partial charge in [-0.25, -0.2) is 4.98 Å². The molecule has 0 unspecified atom stereocenters. The van der Waals surface area contributed by atoms with Crippen molar-refractivity contribution in [3.63, 3.8) is 0 Å². The van der Waals surface area contributed by atoms with Crippen molar-refractivity contribution in [2.24, 2.45) is 0 Å². The number of aromatic nitrogens is 2. The normalized spacial score (nSPS) is 16.1. The number of hydrogen-bond acceptors (Lipinski definition) is 8. The van der Waals surface area contributed by atoms with E-state index < -0.39 is 0 Å². The molecule has 0 bridgehead atoms. The lowest BCUT2D eigenvalue weighted by Crippen LogP contribution is -2.38. The summed E-state index contributed by atoms with van der Waals surface area (Å²) in [4.78, 5) is 11.9. The summed E-state index contributed by atoms with van der Waals surface area (Å²) in [6.45, 7) is 5.07. The number of ether oxygens (including phenoxy) is 3. The van der Waals surface area contributed by atoms with Gasteiger partial charge in [-0.1, -0.05) is 0 Å². The lowest BCUT2D eigenvalue weighted by molar-refractivity contribution is 0.122. The molecule has 2 aromatic rings. The van der Waals surface area contributed by atoms with Crippen LogP contribution >= 0.6 is 49.6 Å². The second kappa shape index (κ2) is 14.1. The zero-order valence-corrected chi connectivity index (χ0v) is 20.9. The third-order valence-corrected chi connectivity index (χ3v) is 5.16. The fourth-order valence-electron chi connectivity index (χ4n) is 3.67. The van der Waals surface area contributed by atoms with Gasteiger partial charge in [0.25, 0.3) is 0 Å². The molecule has 0 radical (unpaired) electrons. The Kier molecular flexibility index (Phi) is 13.6. The summed E-state index contributed by atoms with van der Waals surface area (Å²) in [5, 5.41) is 7.88. The number of halogens is 4. The molecule has 0 amide bonds. The summed E-state index contributed by atoms with van der Waals surface area (Å²) >= 11 is 0. The van der Waals surface area contributed by atoms with E-state index in [4.69, 9.17) is 24.2 Å². The van der Waals surface area contributed by atoms with Gasteiger partial charge in [0.15, 0.2) is 11.5 Å². The van der Waals surface area contributed by atoms with E-state index in [1.54, 1.807) is 14.2 Å². The average molecular weight is 519 g/mol. The molecule has 0 atom stereocenters. The SMILES string of the molecule is COc1cc2nc(NC3CCNCC3)nc(N3CCOCC3)c2cc1OC.Cl.Cl.Cl.Cl. The van der Waals surface area contributed by atoms with Gasteiger partial charge in [0.1, 0.15) is 5.82 Å². The molecule has 8 nitrogen and oxygen atoms in total. The van der Waals surface area contributed by atoms with Crippen LogP contribution in [0.3, 0.4) is 0 Å². The Morgan fingerprint density at radius 2 is 1.58 bits per heavy atom. The zero-order chi connectivity index (χ0) is 18.6.